The summed E-state index contributed by atoms with van der Waals surface area (Å²) in [4.78, 5) is 10.9. The van der Waals surface area contributed by atoms with E-state index in [0.29, 0.717) is 24.6 Å². The van der Waals surface area contributed by atoms with Gasteiger partial charge >= 0.3 is 5.69 Å². The molecule has 0 aliphatic carbocycles. The largest absolute Gasteiger partial charge is 0.364 e. The van der Waals surface area contributed by atoms with Crippen molar-refractivity contribution in [2.75, 3.05) is 11.9 Å². The van der Waals surface area contributed by atoms with Crippen molar-refractivity contribution in [1.29, 1.82) is 0 Å². The third-order valence-electron chi connectivity index (χ3n) is 3.11. The molecular formula is C12H19N7O2. The molecule has 0 aromatic carbocycles. The Kier molecular flexibility index (Phi) is 4.51. The number of anilines is 1. The normalized spacial score (nSPS) is 11.0. The summed E-state index contributed by atoms with van der Waals surface area (Å²) in [6, 6.07) is 0. The number of nitro groups is 1. The Morgan fingerprint density at radius 3 is 2.81 bits per heavy atom. The molecule has 1 N–H and O–H groups in total. The van der Waals surface area contributed by atoms with E-state index >= 15 is 0 Å². The number of rotatable bonds is 7. The van der Waals surface area contributed by atoms with Crippen molar-refractivity contribution in [1.82, 2.24) is 24.8 Å². The van der Waals surface area contributed by atoms with E-state index < -0.39 is 0 Å². The molecule has 2 heterocycles. The Labute approximate surface area is 122 Å². The highest BCUT2D eigenvalue weighted by Crippen LogP contribution is 2.32. The first-order valence-electron chi connectivity index (χ1n) is 6.80. The topological polar surface area (TPSA) is 104 Å². The van der Waals surface area contributed by atoms with Crippen LogP contribution in [0.5, 0.6) is 0 Å². The maximum absolute atomic E-state index is 11.3. The summed E-state index contributed by atoms with van der Waals surface area (Å²) in [5.74, 6) is 0.449. The van der Waals surface area contributed by atoms with E-state index in [9.17, 15) is 10.1 Å². The van der Waals surface area contributed by atoms with Crippen molar-refractivity contribution < 1.29 is 4.92 Å². The van der Waals surface area contributed by atoms with Gasteiger partial charge in [-0.25, -0.2) is 4.68 Å². The standard InChI is InChI=1S/C12H19N7O2/c1-9(2)10-11(19(20)21)12(17(3)15-10)13-5-4-7-18-8-6-14-16-18/h6,8-9,13H,4-5,7H2,1-3H3. The highest BCUT2D eigenvalue weighted by molar-refractivity contribution is 5.60. The number of aromatic nitrogens is 5. The Hall–Kier alpha value is -2.45. The lowest BCUT2D eigenvalue weighted by molar-refractivity contribution is -0.384. The van der Waals surface area contributed by atoms with Crippen molar-refractivity contribution in [3.63, 3.8) is 0 Å². The minimum absolute atomic E-state index is 0.00213. The minimum atomic E-state index is -0.373. The molecule has 0 fully saturated rings. The fraction of sp³-hybridized carbons (Fsp3) is 0.583. The van der Waals surface area contributed by atoms with Gasteiger partial charge in [-0.1, -0.05) is 19.1 Å². The third-order valence-corrected chi connectivity index (χ3v) is 3.11. The Bertz CT molecular complexity index is 603. The summed E-state index contributed by atoms with van der Waals surface area (Å²) in [6.45, 7) is 5.08. The van der Waals surface area contributed by atoms with Gasteiger partial charge in [-0.2, -0.15) is 5.10 Å². The zero-order chi connectivity index (χ0) is 15.4. The number of aryl methyl sites for hydroxylation is 2. The van der Waals surface area contributed by atoms with Crippen LogP contribution in [-0.2, 0) is 13.6 Å². The van der Waals surface area contributed by atoms with E-state index in [-0.39, 0.29) is 16.5 Å². The second-order valence-corrected chi connectivity index (χ2v) is 5.06. The monoisotopic (exact) mass is 293 g/mol. The van der Waals surface area contributed by atoms with Crippen molar-refractivity contribution in [2.45, 2.75) is 32.7 Å². The molecular weight excluding hydrogens is 274 g/mol. The smallest absolute Gasteiger partial charge is 0.334 e. The van der Waals surface area contributed by atoms with E-state index in [1.54, 1.807) is 24.1 Å². The fourth-order valence-corrected chi connectivity index (χ4v) is 2.10. The minimum Gasteiger partial charge on any atom is -0.364 e. The molecule has 0 atom stereocenters. The molecule has 0 unspecified atom stereocenters. The van der Waals surface area contributed by atoms with Gasteiger partial charge < -0.3 is 5.32 Å². The first-order chi connectivity index (χ1) is 10.0. The Balaban J connectivity index is 2.03. The van der Waals surface area contributed by atoms with Crippen molar-refractivity contribution >= 4 is 11.5 Å². The van der Waals surface area contributed by atoms with Gasteiger partial charge in [0.15, 0.2) is 0 Å². The van der Waals surface area contributed by atoms with Gasteiger partial charge in [-0.3, -0.25) is 14.8 Å². The molecule has 114 valence electrons. The molecule has 0 saturated heterocycles. The summed E-state index contributed by atoms with van der Waals surface area (Å²) in [5.41, 5.74) is 0.564. The molecule has 0 aliphatic rings. The van der Waals surface area contributed by atoms with Crippen LogP contribution in [0.25, 0.3) is 0 Å². The molecule has 0 aliphatic heterocycles. The van der Waals surface area contributed by atoms with Crippen molar-refractivity contribution in [3.8, 4) is 0 Å². The highest BCUT2D eigenvalue weighted by Gasteiger charge is 2.28. The molecule has 0 saturated carbocycles. The van der Waals surface area contributed by atoms with Gasteiger partial charge in [-0.05, 0) is 6.42 Å². The van der Waals surface area contributed by atoms with E-state index in [4.69, 9.17) is 0 Å². The van der Waals surface area contributed by atoms with Gasteiger partial charge in [0.1, 0.15) is 5.69 Å². The third kappa shape index (κ3) is 3.36. The first-order valence-corrected chi connectivity index (χ1v) is 6.80. The van der Waals surface area contributed by atoms with E-state index in [0.717, 1.165) is 6.42 Å². The summed E-state index contributed by atoms with van der Waals surface area (Å²) in [7, 11) is 1.71. The van der Waals surface area contributed by atoms with Crippen LogP contribution in [0.1, 0.15) is 31.9 Å². The van der Waals surface area contributed by atoms with Crippen LogP contribution in [0, 0.1) is 10.1 Å². The molecule has 0 amide bonds. The molecule has 9 heteroatoms. The average Bonchev–Trinajstić information content (AvgIpc) is 3.02. The lowest BCUT2D eigenvalue weighted by Gasteiger charge is -2.06. The predicted molar refractivity (Wildman–Crippen MR) is 77.1 cm³/mol. The summed E-state index contributed by atoms with van der Waals surface area (Å²) in [5, 5.41) is 26.2. The molecule has 0 spiro atoms. The first kappa shape index (κ1) is 14.9. The van der Waals surface area contributed by atoms with Gasteiger partial charge in [0.05, 0.1) is 11.1 Å². The van der Waals surface area contributed by atoms with E-state index in [2.05, 4.69) is 20.7 Å². The molecule has 2 aromatic heterocycles. The van der Waals surface area contributed by atoms with Gasteiger partial charge in [0.2, 0.25) is 5.82 Å². The zero-order valence-electron chi connectivity index (χ0n) is 12.4. The van der Waals surface area contributed by atoms with Crippen LogP contribution < -0.4 is 5.32 Å². The second-order valence-electron chi connectivity index (χ2n) is 5.06. The SMILES string of the molecule is CC(C)c1nn(C)c(NCCCn2ccnn2)c1[N+](=O)[O-]. The van der Waals surface area contributed by atoms with Crippen molar-refractivity contribution in [3.05, 3.63) is 28.2 Å². The van der Waals surface area contributed by atoms with E-state index in [1.807, 2.05) is 13.8 Å². The van der Waals surface area contributed by atoms with Crippen LogP contribution in [0.4, 0.5) is 11.5 Å². The Morgan fingerprint density at radius 1 is 1.48 bits per heavy atom. The summed E-state index contributed by atoms with van der Waals surface area (Å²) >= 11 is 0. The zero-order valence-corrected chi connectivity index (χ0v) is 12.4. The molecule has 0 radical (unpaired) electrons. The molecule has 2 aromatic rings. The van der Waals surface area contributed by atoms with E-state index in [1.165, 1.54) is 4.68 Å². The number of hydrogen-bond donors (Lipinski definition) is 1. The van der Waals surface area contributed by atoms with Crippen LogP contribution in [0.15, 0.2) is 12.4 Å². The van der Waals surface area contributed by atoms with Gasteiger partial charge in [0.25, 0.3) is 0 Å². The quantitative estimate of drug-likeness (QED) is 0.472. The van der Waals surface area contributed by atoms with Crippen LogP contribution in [0.2, 0.25) is 0 Å². The maximum atomic E-state index is 11.3. The molecule has 9 nitrogen and oxygen atoms in total. The van der Waals surface area contributed by atoms with Gasteiger partial charge in [0, 0.05) is 32.3 Å². The number of hydrogen-bond acceptors (Lipinski definition) is 6. The number of nitrogens with zero attached hydrogens (tertiary/aromatic N) is 6. The highest BCUT2D eigenvalue weighted by atomic mass is 16.6. The van der Waals surface area contributed by atoms with Crippen LogP contribution in [-0.4, -0.2) is 36.2 Å². The maximum Gasteiger partial charge on any atom is 0.334 e. The lowest BCUT2D eigenvalue weighted by Crippen LogP contribution is -2.11. The van der Waals surface area contributed by atoms with Crippen LogP contribution in [0.3, 0.4) is 0 Å². The summed E-state index contributed by atoms with van der Waals surface area (Å²) < 4.78 is 3.25. The second kappa shape index (κ2) is 6.33. The predicted octanol–water partition coefficient (Wildman–Crippen LogP) is 1.55. The average molecular weight is 293 g/mol. The lowest BCUT2D eigenvalue weighted by atomic mass is 10.1. The van der Waals surface area contributed by atoms with Crippen LogP contribution >= 0.6 is 0 Å². The molecule has 2 rings (SSSR count). The summed E-state index contributed by atoms with van der Waals surface area (Å²) in [6.07, 6.45) is 4.18. The van der Waals surface area contributed by atoms with Crippen molar-refractivity contribution in [2.24, 2.45) is 7.05 Å². The molecule has 21 heavy (non-hydrogen) atoms. The Morgan fingerprint density at radius 2 is 2.24 bits per heavy atom. The number of nitrogens with one attached hydrogen (secondary N) is 1. The van der Waals surface area contributed by atoms with Gasteiger partial charge in [-0.15, -0.1) is 5.10 Å². The fourth-order valence-electron chi connectivity index (χ4n) is 2.10. The molecule has 0 bridgehead atoms.